The number of carbonyl (C=O) groups excluding carboxylic acids is 1. The Bertz CT molecular complexity index is 1070. The van der Waals surface area contributed by atoms with Crippen LogP contribution in [0.1, 0.15) is 17.0 Å². The van der Waals surface area contributed by atoms with Gasteiger partial charge in [-0.15, -0.1) is 0 Å². The molecule has 7 nitrogen and oxygen atoms in total. The van der Waals surface area contributed by atoms with Crippen molar-refractivity contribution in [1.29, 1.82) is 0 Å². The van der Waals surface area contributed by atoms with Gasteiger partial charge in [-0.3, -0.25) is 9.78 Å². The van der Waals surface area contributed by atoms with Crippen molar-refractivity contribution in [3.8, 4) is 11.3 Å². The van der Waals surface area contributed by atoms with E-state index in [1.165, 1.54) is 0 Å². The number of pyridine rings is 2. The first-order valence-corrected chi connectivity index (χ1v) is 10.0. The number of aromatic nitrogens is 4. The predicted molar refractivity (Wildman–Crippen MR) is 117 cm³/mol. The van der Waals surface area contributed by atoms with Crippen LogP contribution in [-0.2, 0) is 17.9 Å². The maximum Gasteiger partial charge on any atom is 0.293 e. The maximum absolute atomic E-state index is 10.4. The van der Waals surface area contributed by atoms with Gasteiger partial charge in [-0.25, -0.2) is 18.7 Å². The Morgan fingerprint density at radius 2 is 1.94 bits per heavy atom. The molecule has 4 rings (SSSR count). The summed E-state index contributed by atoms with van der Waals surface area (Å²) in [5.41, 5.74) is 4.07. The monoisotopic (exact) mass is 448 g/mol. The molecule has 31 heavy (non-hydrogen) atoms. The highest BCUT2D eigenvalue weighted by atomic mass is 35.5. The van der Waals surface area contributed by atoms with Gasteiger partial charge in [0.25, 0.3) is 6.43 Å². The van der Waals surface area contributed by atoms with Crippen LogP contribution in [0, 0.1) is 13.8 Å². The Labute approximate surface area is 184 Å². The molecule has 0 fully saturated rings. The first kappa shape index (κ1) is 22.6. The third-order valence-corrected chi connectivity index (χ3v) is 5.10. The van der Waals surface area contributed by atoms with E-state index in [4.69, 9.17) is 16.4 Å². The molecule has 1 N–H and O–H groups in total. The average Bonchev–Trinajstić information content (AvgIpc) is 3.17. The van der Waals surface area contributed by atoms with Crippen molar-refractivity contribution >= 4 is 29.5 Å². The van der Waals surface area contributed by atoms with Gasteiger partial charge in [0.1, 0.15) is 17.5 Å². The van der Waals surface area contributed by atoms with Crippen molar-refractivity contribution < 1.29 is 13.6 Å². The third kappa shape index (κ3) is 5.35. The highest BCUT2D eigenvalue weighted by molar-refractivity contribution is 6.33. The molecule has 0 bridgehead atoms. The Kier molecular flexibility index (Phi) is 7.17. The fourth-order valence-corrected chi connectivity index (χ4v) is 3.54. The van der Waals surface area contributed by atoms with Crippen LogP contribution in [0.5, 0.6) is 0 Å². The Balaban J connectivity index is 0.000000491. The second kappa shape index (κ2) is 9.82. The molecule has 1 aliphatic heterocycles. The van der Waals surface area contributed by atoms with Crippen LogP contribution >= 0.6 is 11.6 Å². The number of imidazole rings is 1. The molecule has 3 aromatic rings. The van der Waals surface area contributed by atoms with E-state index in [0.29, 0.717) is 5.02 Å². The van der Waals surface area contributed by atoms with Crippen LogP contribution in [-0.4, -0.2) is 45.8 Å². The summed E-state index contributed by atoms with van der Waals surface area (Å²) in [4.78, 5) is 24.7. The molecule has 0 amide bonds. The molecule has 0 spiro atoms. The zero-order valence-electron chi connectivity index (χ0n) is 17.4. The number of halogens is 3. The fraction of sp³-hybridized carbons (Fsp3) is 0.333. The molecule has 164 valence electrons. The zero-order chi connectivity index (χ0) is 22.5. The van der Waals surface area contributed by atoms with Crippen molar-refractivity contribution in [1.82, 2.24) is 19.5 Å². The van der Waals surface area contributed by atoms with Crippen LogP contribution in [0.4, 0.5) is 20.4 Å². The van der Waals surface area contributed by atoms with Gasteiger partial charge in [0, 0.05) is 44.3 Å². The van der Waals surface area contributed by atoms with E-state index in [1.54, 1.807) is 6.20 Å². The number of rotatable bonds is 4. The molecule has 0 atom stereocenters. The number of anilines is 2. The standard InChI is InChI=1S/C19H21ClN6.C2H2F2O/c1-12-6-13(2)19(23-8-12)14-7-17(22-9-15(14)20)26-5-4-25-10-16(21-3)24-18(25)11-26;3-2(4)1-5/h6-10,21H,4-5,11H2,1-3H3;1-2H. The van der Waals surface area contributed by atoms with E-state index < -0.39 is 12.7 Å². The van der Waals surface area contributed by atoms with Gasteiger partial charge in [-0.2, -0.15) is 0 Å². The molecule has 0 saturated heterocycles. The lowest BCUT2D eigenvalue weighted by Crippen LogP contribution is -2.34. The molecule has 1 aliphatic rings. The summed E-state index contributed by atoms with van der Waals surface area (Å²) in [6.07, 6.45) is 2.42. The number of aldehydes is 1. The lowest BCUT2D eigenvalue weighted by molar-refractivity contribution is -0.116. The normalized spacial score (nSPS) is 12.8. The van der Waals surface area contributed by atoms with Crippen molar-refractivity contribution in [2.75, 3.05) is 23.8 Å². The fourth-order valence-electron chi connectivity index (χ4n) is 3.35. The number of carbonyl (C=O) groups is 1. The molecular formula is C21H23ClF2N6O. The van der Waals surface area contributed by atoms with Crippen LogP contribution in [0.2, 0.25) is 5.02 Å². The quantitative estimate of drug-likeness (QED) is 0.605. The molecule has 0 aromatic carbocycles. The summed E-state index contributed by atoms with van der Waals surface area (Å²) < 4.78 is 23.0. The second-order valence-electron chi connectivity index (χ2n) is 7.08. The third-order valence-electron chi connectivity index (χ3n) is 4.80. The lowest BCUT2D eigenvalue weighted by atomic mass is 10.1. The summed E-state index contributed by atoms with van der Waals surface area (Å²) in [6.45, 7) is 6.57. The van der Waals surface area contributed by atoms with E-state index in [9.17, 15) is 8.78 Å². The average molecular weight is 449 g/mol. The Morgan fingerprint density at radius 1 is 1.19 bits per heavy atom. The summed E-state index contributed by atoms with van der Waals surface area (Å²) in [6, 6.07) is 4.15. The van der Waals surface area contributed by atoms with E-state index >= 15 is 0 Å². The molecule has 0 radical (unpaired) electrons. The second-order valence-corrected chi connectivity index (χ2v) is 7.49. The van der Waals surface area contributed by atoms with Crippen molar-refractivity contribution in [2.24, 2.45) is 0 Å². The first-order valence-electron chi connectivity index (χ1n) is 9.63. The first-order chi connectivity index (χ1) is 14.8. The van der Waals surface area contributed by atoms with Crippen molar-refractivity contribution in [3.05, 3.63) is 52.7 Å². The number of nitrogens with zero attached hydrogens (tertiary/aromatic N) is 5. The SMILES string of the molecule is CNc1cn2c(n1)CN(c1cc(-c3ncc(C)cc3C)c(Cl)cn1)CC2.O=CC(F)F. The summed E-state index contributed by atoms with van der Waals surface area (Å²) in [5, 5.41) is 3.71. The maximum atomic E-state index is 10.4. The van der Waals surface area contributed by atoms with Gasteiger partial charge in [-0.05, 0) is 31.0 Å². The van der Waals surface area contributed by atoms with Crippen LogP contribution in [0.25, 0.3) is 11.3 Å². The minimum atomic E-state index is -2.80. The van der Waals surface area contributed by atoms with Gasteiger partial charge in [0.2, 0.25) is 0 Å². The number of hydrogen-bond donors (Lipinski definition) is 1. The topological polar surface area (TPSA) is 75.9 Å². The molecule has 0 saturated carbocycles. The highest BCUT2D eigenvalue weighted by Gasteiger charge is 2.21. The van der Waals surface area contributed by atoms with Crippen molar-refractivity contribution in [2.45, 2.75) is 33.4 Å². The van der Waals surface area contributed by atoms with E-state index in [0.717, 1.165) is 59.5 Å². The van der Waals surface area contributed by atoms with Gasteiger partial charge < -0.3 is 14.8 Å². The molecule has 0 unspecified atom stereocenters. The number of hydrogen-bond acceptors (Lipinski definition) is 6. The van der Waals surface area contributed by atoms with Crippen LogP contribution < -0.4 is 10.2 Å². The van der Waals surface area contributed by atoms with Gasteiger partial charge >= 0.3 is 0 Å². The van der Waals surface area contributed by atoms with E-state index in [2.05, 4.69) is 42.7 Å². The molecule has 0 aliphatic carbocycles. The minimum absolute atomic E-state index is 0.417. The number of nitrogens with one attached hydrogen (secondary N) is 1. The zero-order valence-corrected chi connectivity index (χ0v) is 18.2. The summed E-state index contributed by atoms with van der Waals surface area (Å²) >= 11 is 6.44. The number of alkyl halides is 2. The largest absolute Gasteiger partial charge is 0.372 e. The number of fused-ring (bicyclic) bond motifs is 1. The molecular weight excluding hydrogens is 426 g/mol. The van der Waals surface area contributed by atoms with Gasteiger partial charge in [0.15, 0.2) is 6.29 Å². The predicted octanol–water partition coefficient (Wildman–Crippen LogP) is 4.12. The Morgan fingerprint density at radius 3 is 2.58 bits per heavy atom. The van der Waals surface area contributed by atoms with Crippen LogP contribution in [0.3, 0.4) is 0 Å². The van der Waals surface area contributed by atoms with E-state index in [1.807, 2.05) is 32.4 Å². The van der Waals surface area contributed by atoms with Crippen LogP contribution in [0.15, 0.2) is 30.7 Å². The highest BCUT2D eigenvalue weighted by Crippen LogP contribution is 2.32. The van der Waals surface area contributed by atoms with Crippen molar-refractivity contribution in [3.63, 3.8) is 0 Å². The van der Waals surface area contributed by atoms with Gasteiger partial charge in [0.05, 0.1) is 17.3 Å². The summed E-state index contributed by atoms with van der Waals surface area (Å²) in [5.74, 6) is 2.82. The lowest BCUT2D eigenvalue weighted by Gasteiger charge is -2.28. The molecule has 4 heterocycles. The molecule has 3 aromatic heterocycles. The Hall–Kier alpha value is -3.07. The van der Waals surface area contributed by atoms with Gasteiger partial charge in [-0.1, -0.05) is 17.7 Å². The smallest absolute Gasteiger partial charge is 0.293 e. The minimum Gasteiger partial charge on any atom is -0.372 e. The van der Waals surface area contributed by atoms with E-state index in [-0.39, 0.29) is 0 Å². The molecule has 10 heteroatoms. The number of aryl methyl sites for hydroxylation is 2. The summed E-state index contributed by atoms with van der Waals surface area (Å²) in [7, 11) is 1.88.